The standard InChI is InChI=1S/C17H16FNO2/c1-17(21,15-10-19-16(15)20)14-5-3-2-4-13(14)11-6-8-12(18)9-7-11/h2-9,15,21H,10H2,1H3,(H,19,20). The number of benzene rings is 2. The summed E-state index contributed by atoms with van der Waals surface area (Å²) in [7, 11) is 0. The summed E-state index contributed by atoms with van der Waals surface area (Å²) in [5, 5.41) is 13.5. The maximum Gasteiger partial charge on any atom is 0.228 e. The molecule has 2 unspecified atom stereocenters. The van der Waals surface area contributed by atoms with E-state index in [9.17, 15) is 14.3 Å². The van der Waals surface area contributed by atoms with Crippen molar-refractivity contribution in [1.29, 1.82) is 0 Å². The highest BCUT2D eigenvalue weighted by atomic mass is 19.1. The van der Waals surface area contributed by atoms with Gasteiger partial charge in [-0.2, -0.15) is 0 Å². The van der Waals surface area contributed by atoms with Gasteiger partial charge in [0, 0.05) is 6.54 Å². The van der Waals surface area contributed by atoms with Gasteiger partial charge in [-0.3, -0.25) is 4.79 Å². The maximum atomic E-state index is 13.1. The summed E-state index contributed by atoms with van der Waals surface area (Å²) in [5.41, 5.74) is 1.04. The zero-order valence-corrected chi connectivity index (χ0v) is 11.6. The molecule has 0 bridgehead atoms. The van der Waals surface area contributed by atoms with Gasteiger partial charge in [-0.1, -0.05) is 36.4 Å². The summed E-state index contributed by atoms with van der Waals surface area (Å²) in [6.07, 6.45) is 0. The van der Waals surface area contributed by atoms with Gasteiger partial charge in [0.05, 0.1) is 5.92 Å². The van der Waals surface area contributed by atoms with Crippen molar-refractivity contribution in [2.75, 3.05) is 6.54 Å². The molecule has 0 spiro atoms. The summed E-state index contributed by atoms with van der Waals surface area (Å²) in [4.78, 5) is 11.6. The lowest BCUT2D eigenvalue weighted by Crippen LogP contribution is -2.57. The highest BCUT2D eigenvalue weighted by molar-refractivity contribution is 5.86. The summed E-state index contributed by atoms with van der Waals surface area (Å²) in [5.74, 6) is -0.908. The van der Waals surface area contributed by atoms with Gasteiger partial charge in [0.1, 0.15) is 11.4 Å². The number of carbonyl (C=O) groups is 1. The molecule has 0 saturated carbocycles. The Hall–Kier alpha value is -2.20. The average molecular weight is 285 g/mol. The number of aliphatic hydroxyl groups is 1. The molecule has 1 fully saturated rings. The van der Waals surface area contributed by atoms with Crippen molar-refractivity contribution in [3.63, 3.8) is 0 Å². The average Bonchev–Trinajstić information content (AvgIpc) is 2.46. The molecule has 108 valence electrons. The number of nitrogens with one attached hydrogen (secondary N) is 1. The number of rotatable bonds is 3. The summed E-state index contributed by atoms with van der Waals surface area (Å²) >= 11 is 0. The van der Waals surface area contributed by atoms with E-state index in [4.69, 9.17) is 0 Å². The fraction of sp³-hybridized carbons (Fsp3) is 0.235. The lowest BCUT2D eigenvalue weighted by atomic mass is 9.76. The third-order valence-electron chi connectivity index (χ3n) is 4.10. The molecule has 1 aliphatic rings. The number of hydrogen-bond donors (Lipinski definition) is 2. The second-order valence-corrected chi connectivity index (χ2v) is 5.50. The molecule has 2 atom stereocenters. The molecule has 3 rings (SSSR count). The van der Waals surface area contributed by atoms with Gasteiger partial charge in [-0.05, 0) is 35.7 Å². The highest BCUT2D eigenvalue weighted by Gasteiger charge is 2.45. The molecule has 0 aliphatic carbocycles. The van der Waals surface area contributed by atoms with Crippen LogP contribution in [0.4, 0.5) is 4.39 Å². The molecule has 0 radical (unpaired) electrons. The predicted molar refractivity (Wildman–Crippen MR) is 77.9 cm³/mol. The van der Waals surface area contributed by atoms with E-state index in [1.165, 1.54) is 12.1 Å². The van der Waals surface area contributed by atoms with Gasteiger partial charge >= 0.3 is 0 Å². The van der Waals surface area contributed by atoms with Gasteiger partial charge in [0.2, 0.25) is 5.91 Å². The third-order valence-corrected chi connectivity index (χ3v) is 4.10. The van der Waals surface area contributed by atoms with Crippen molar-refractivity contribution in [2.24, 2.45) is 5.92 Å². The van der Waals surface area contributed by atoms with Gasteiger partial charge in [0.25, 0.3) is 0 Å². The third kappa shape index (κ3) is 2.32. The van der Waals surface area contributed by atoms with Crippen molar-refractivity contribution < 1.29 is 14.3 Å². The van der Waals surface area contributed by atoms with Gasteiger partial charge in [-0.25, -0.2) is 4.39 Å². The number of hydrogen-bond acceptors (Lipinski definition) is 2. The largest absolute Gasteiger partial charge is 0.385 e. The van der Waals surface area contributed by atoms with E-state index < -0.39 is 11.5 Å². The molecule has 0 aromatic heterocycles. The molecule has 21 heavy (non-hydrogen) atoms. The molecule has 2 N–H and O–H groups in total. The second kappa shape index (κ2) is 4.97. The van der Waals surface area contributed by atoms with E-state index in [0.29, 0.717) is 12.1 Å². The van der Waals surface area contributed by atoms with Crippen molar-refractivity contribution in [2.45, 2.75) is 12.5 Å². The van der Waals surface area contributed by atoms with Crippen LogP contribution < -0.4 is 5.32 Å². The molecular weight excluding hydrogens is 269 g/mol. The Morgan fingerprint density at radius 2 is 1.86 bits per heavy atom. The van der Waals surface area contributed by atoms with Crippen LogP contribution in [0.15, 0.2) is 48.5 Å². The van der Waals surface area contributed by atoms with Crippen molar-refractivity contribution in [1.82, 2.24) is 5.32 Å². The van der Waals surface area contributed by atoms with E-state index >= 15 is 0 Å². The van der Waals surface area contributed by atoms with Crippen LogP contribution in [0.5, 0.6) is 0 Å². The lowest BCUT2D eigenvalue weighted by Gasteiger charge is -2.39. The zero-order chi connectivity index (χ0) is 15.0. The Morgan fingerprint density at radius 3 is 2.43 bits per heavy atom. The number of amides is 1. The fourth-order valence-corrected chi connectivity index (χ4v) is 2.73. The normalized spacial score (nSPS) is 20.3. The molecule has 1 amide bonds. The van der Waals surface area contributed by atoms with E-state index in [1.54, 1.807) is 19.1 Å². The van der Waals surface area contributed by atoms with Crippen LogP contribution in [0.25, 0.3) is 11.1 Å². The minimum absolute atomic E-state index is 0.145. The van der Waals surface area contributed by atoms with Crippen molar-refractivity contribution in [3.8, 4) is 11.1 Å². The Balaban J connectivity index is 2.07. The summed E-state index contributed by atoms with van der Waals surface area (Å²) in [6, 6.07) is 13.5. The first-order valence-corrected chi connectivity index (χ1v) is 6.85. The molecule has 1 aliphatic heterocycles. The summed E-state index contributed by atoms with van der Waals surface area (Å²) < 4.78 is 13.1. The van der Waals surface area contributed by atoms with Crippen LogP contribution >= 0.6 is 0 Å². The summed E-state index contributed by atoms with van der Waals surface area (Å²) in [6.45, 7) is 2.11. The Morgan fingerprint density at radius 1 is 1.19 bits per heavy atom. The van der Waals surface area contributed by atoms with Crippen LogP contribution in [0, 0.1) is 11.7 Å². The predicted octanol–water partition coefficient (Wildman–Crippen LogP) is 2.45. The van der Waals surface area contributed by atoms with E-state index in [2.05, 4.69) is 5.32 Å². The number of carbonyl (C=O) groups excluding carboxylic acids is 1. The highest BCUT2D eigenvalue weighted by Crippen LogP contribution is 2.38. The topological polar surface area (TPSA) is 49.3 Å². The lowest BCUT2D eigenvalue weighted by molar-refractivity contribution is -0.143. The van der Waals surface area contributed by atoms with Crippen molar-refractivity contribution in [3.05, 3.63) is 59.9 Å². The quantitative estimate of drug-likeness (QED) is 0.851. The van der Waals surface area contributed by atoms with Crippen molar-refractivity contribution >= 4 is 5.91 Å². The minimum Gasteiger partial charge on any atom is -0.385 e. The van der Waals surface area contributed by atoms with Gasteiger partial charge in [0.15, 0.2) is 0 Å². The monoisotopic (exact) mass is 285 g/mol. The Bertz CT molecular complexity index is 679. The second-order valence-electron chi connectivity index (χ2n) is 5.50. The maximum absolute atomic E-state index is 13.1. The Kier molecular flexibility index (Phi) is 3.26. The molecule has 3 nitrogen and oxygen atoms in total. The molecule has 1 heterocycles. The molecule has 4 heteroatoms. The molecule has 1 saturated heterocycles. The number of β-lactam (4-membered cyclic amide) rings is 1. The molecular formula is C17H16FNO2. The number of halogens is 1. The first-order chi connectivity index (χ1) is 10.00. The van der Waals surface area contributed by atoms with Crippen LogP contribution in [0.2, 0.25) is 0 Å². The van der Waals surface area contributed by atoms with E-state index in [-0.39, 0.29) is 11.7 Å². The first kappa shape index (κ1) is 13.8. The van der Waals surface area contributed by atoms with Gasteiger partial charge < -0.3 is 10.4 Å². The zero-order valence-electron chi connectivity index (χ0n) is 11.6. The molecule has 2 aromatic rings. The molecule has 2 aromatic carbocycles. The first-order valence-electron chi connectivity index (χ1n) is 6.85. The Labute approximate surface area is 122 Å². The van der Waals surface area contributed by atoms with Gasteiger partial charge in [-0.15, -0.1) is 0 Å². The van der Waals surface area contributed by atoms with E-state index in [0.717, 1.165) is 11.1 Å². The minimum atomic E-state index is -1.26. The fourth-order valence-electron chi connectivity index (χ4n) is 2.73. The van der Waals surface area contributed by atoms with Crippen LogP contribution in [0.3, 0.4) is 0 Å². The van der Waals surface area contributed by atoms with E-state index in [1.807, 2.05) is 24.3 Å². The van der Waals surface area contributed by atoms with Crippen LogP contribution in [-0.4, -0.2) is 17.6 Å². The SMILES string of the molecule is CC(O)(c1ccccc1-c1ccc(F)cc1)C1CNC1=O. The van der Waals surface area contributed by atoms with Crippen LogP contribution in [0.1, 0.15) is 12.5 Å². The van der Waals surface area contributed by atoms with Crippen LogP contribution in [-0.2, 0) is 10.4 Å². The smallest absolute Gasteiger partial charge is 0.228 e.